The minimum absolute atomic E-state index is 0.119. The van der Waals surface area contributed by atoms with Gasteiger partial charge in [0.1, 0.15) is 11.6 Å². The van der Waals surface area contributed by atoms with Gasteiger partial charge in [0.05, 0.1) is 5.56 Å². The van der Waals surface area contributed by atoms with Gasteiger partial charge in [0.15, 0.2) is 5.82 Å². The summed E-state index contributed by atoms with van der Waals surface area (Å²) < 4.78 is 18.7. The number of aromatic hydroxyl groups is 1. The Labute approximate surface area is 103 Å². The average Bonchev–Trinajstić information content (AvgIpc) is 2.99. The van der Waals surface area contributed by atoms with Gasteiger partial charge in [-0.1, -0.05) is 18.0 Å². The molecular formula is C13H13FN2O2. The topological polar surface area (TPSA) is 59.2 Å². The van der Waals surface area contributed by atoms with Crippen LogP contribution in [0.3, 0.4) is 0 Å². The van der Waals surface area contributed by atoms with Gasteiger partial charge in [-0.15, -0.1) is 0 Å². The van der Waals surface area contributed by atoms with E-state index in [1.165, 1.54) is 25.0 Å². The smallest absolute Gasteiger partial charge is 0.260 e. The fourth-order valence-electron chi connectivity index (χ4n) is 2.37. The first kappa shape index (κ1) is 11.2. The van der Waals surface area contributed by atoms with Gasteiger partial charge in [-0.05, 0) is 25.0 Å². The molecule has 0 saturated heterocycles. The standard InChI is InChI=1S/C13H13FN2O2/c14-11-7-9(17)5-6-10(11)13-15-12(16-18-13)8-3-1-2-4-8/h5-8,17H,1-4H2. The summed E-state index contributed by atoms with van der Waals surface area (Å²) in [6, 6.07) is 3.88. The first-order valence-electron chi connectivity index (χ1n) is 6.06. The van der Waals surface area contributed by atoms with Crippen LogP contribution in [0.25, 0.3) is 11.5 Å². The molecule has 0 atom stereocenters. The lowest BCUT2D eigenvalue weighted by Gasteiger charge is -2.00. The minimum Gasteiger partial charge on any atom is -0.508 e. The van der Waals surface area contributed by atoms with Crippen molar-refractivity contribution in [2.45, 2.75) is 31.6 Å². The van der Waals surface area contributed by atoms with Crippen LogP contribution in [0.2, 0.25) is 0 Å². The number of hydrogen-bond acceptors (Lipinski definition) is 4. The maximum Gasteiger partial charge on any atom is 0.260 e. The molecule has 3 rings (SSSR count). The van der Waals surface area contributed by atoms with Gasteiger partial charge in [-0.2, -0.15) is 4.98 Å². The molecule has 18 heavy (non-hydrogen) atoms. The monoisotopic (exact) mass is 248 g/mol. The van der Waals surface area contributed by atoms with E-state index in [0.717, 1.165) is 18.9 Å². The van der Waals surface area contributed by atoms with Gasteiger partial charge >= 0.3 is 0 Å². The van der Waals surface area contributed by atoms with E-state index in [0.29, 0.717) is 11.7 Å². The Morgan fingerprint density at radius 1 is 1.28 bits per heavy atom. The van der Waals surface area contributed by atoms with E-state index in [2.05, 4.69) is 10.1 Å². The van der Waals surface area contributed by atoms with Crippen LogP contribution in [-0.4, -0.2) is 15.2 Å². The first-order chi connectivity index (χ1) is 8.74. The molecule has 0 amide bonds. The summed E-state index contributed by atoms with van der Waals surface area (Å²) in [5.41, 5.74) is 0.226. The van der Waals surface area contributed by atoms with Crippen LogP contribution >= 0.6 is 0 Å². The molecule has 4 nitrogen and oxygen atoms in total. The number of hydrogen-bond donors (Lipinski definition) is 1. The van der Waals surface area contributed by atoms with Gasteiger partial charge in [0, 0.05) is 12.0 Å². The first-order valence-corrected chi connectivity index (χ1v) is 6.06. The van der Waals surface area contributed by atoms with Crippen LogP contribution < -0.4 is 0 Å². The van der Waals surface area contributed by atoms with Crippen LogP contribution in [0, 0.1) is 5.82 Å². The fraction of sp³-hybridized carbons (Fsp3) is 0.385. The summed E-state index contributed by atoms with van der Waals surface area (Å²) in [6.07, 6.45) is 4.50. The van der Waals surface area contributed by atoms with Crippen LogP contribution in [0.5, 0.6) is 5.75 Å². The highest BCUT2D eigenvalue weighted by molar-refractivity contribution is 5.55. The number of halogens is 1. The molecule has 0 aliphatic heterocycles. The van der Waals surface area contributed by atoms with Crippen LogP contribution in [-0.2, 0) is 0 Å². The van der Waals surface area contributed by atoms with E-state index in [9.17, 15) is 4.39 Å². The van der Waals surface area contributed by atoms with Gasteiger partial charge < -0.3 is 9.63 Å². The molecule has 1 fully saturated rings. The highest BCUT2D eigenvalue weighted by Crippen LogP contribution is 2.33. The summed E-state index contributed by atoms with van der Waals surface area (Å²) in [5, 5.41) is 13.1. The predicted molar refractivity (Wildman–Crippen MR) is 62.6 cm³/mol. The van der Waals surface area contributed by atoms with Crippen molar-refractivity contribution in [3.8, 4) is 17.2 Å². The van der Waals surface area contributed by atoms with Crippen molar-refractivity contribution in [1.82, 2.24) is 10.1 Å². The Hall–Kier alpha value is -1.91. The van der Waals surface area contributed by atoms with E-state index >= 15 is 0 Å². The molecule has 94 valence electrons. The summed E-state index contributed by atoms with van der Waals surface area (Å²) in [7, 11) is 0. The Morgan fingerprint density at radius 3 is 2.78 bits per heavy atom. The number of benzene rings is 1. The van der Waals surface area contributed by atoms with Gasteiger partial charge in [-0.3, -0.25) is 0 Å². The molecule has 1 N–H and O–H groups in total. The fourth-order valence-corrected chi connectivity index (χ4v) is 2.37. The number of aromatic nitrogens is 2. The Balaban J connectivity index is 1.92. The molecule has 1 saturated carbocycles. The molecule has 0 spiro atoms. The number of rotatable bonds is 2. The molecule has 2 aromatic rings. The zero-order valence-corrected chi connectivity index (χ0v) is 9.77. The second-order valence-corrected chi connectivity index (χ2v) is 4.60. The third-order valence-electron chi connectivity index (χ3n) is 3.35. The molecule has 0 radical (unpaired) electrons. The normalized spacial score (nSPS) is 16.3. The van der Waals surface area contributed by atoms with Gasteiger partial charge in [0.2, 0.25) is 0 Å². The van der Waals surface area contributed by atoms with Gasteiger partial charge in [0.25, 0.3) is 5.89 Å². The minimum atomic E-state index is -0.559. The van der Waals surface area contributed by atoms with E-state index in [1.54, 1.807) is 0 Å². The van der Waals surface area contributed by atoms with E-state index in [4.69, 9.17) is 9.63 Å². The molecule has 0 bridgehead atoms. The second-order valence-electron chi connectivity index (χ2n) is 4.60. The van der Waals surface area contributed by atoms with Gasteiger partial charge in [-0.25, -0.2) is 4.39 Å². The highest BCUT2D eigenvalue weighted by Gasteiger charge is 2.23. The summed E-state index contributed by atoms with van der Waals surface area (Å²) in [6.45, 7) is 0. The maximum atomic E-state index is 13.6. The van der Waals surface area contributed by atoms with Crippen molar-refractivity contribution in [1.29, 1.82) is 0 Å². The summed E-state index contributed by atoms with van der Waals surface area (Å²) in [5.74, 6) is 0.496. The van der Waals surface area contributed by atoms with Crippen LogP contribution in [0.1, 0.15) is 37.4 Å². The Kier molecular flexibility index (Phi) is 2.74. The van der Waals surface area contributed by atoms with Crippen molar-refractivity contribution in [3.63, 3.8) is 0 Å². The van der Waals surface area contributed by atoms with Crippen molar-refractivity contribution in [2.75, 3.05) is 0 Å². The molecular weight excluding hydrogens is 235 g/mol. The number of phenols is 1. The molecule has 1 heterocycles. The maximum absolute atomic E-state index is 13.6. The lowest BCUT2D eigenvalue weighted by Crippen LogP contribution is -1.94. The molecule has 1 aromatic carbocycles. The molecule has 1 aliphatic carbocycles. The zero-order valence-electron chi connectivity index (χ0n) is 9.77. The van der Waals surface area contributed by atoms with Crippen molar-refractivity contribution >= 4 is 0 Å². The van der Waals surface area contributed by atoms with Crippen LogP contribution in [0.4, 0.5) is 4.39 Å². The summed E-state index contributed by atoms with van der Waals surface area (Å²) >= 11 is 0. The van der Waals surface area contributed by atoms with Crippen molar-refractivity contribution in [2.24, 2.45) is 0 Å². The lowest BCUT2D eigenvalue weighted by atomic mass is 10.1. The second kappa shape index (κ2) is 4.40. The summed E-state index contributed by atoms with van der Waals surface area (Å²) in [4.78, 5) is 4.25. The Bertz CT molecular complexity index is 562. The number of nitrogens with zero attached hydrogens (tertiary/aromatic N) is 2. The SMILES string of the molecule is Oc1ccc(-c2nc(C3CCCC3)no2)c(F)c1. The predicted octanol–water partition coefficient (Wildman–Crippen LogP) is 3.24. The van der Waals surface area contributed by atoms with Crippen molar-refractivity contribution in [3.05, 3.63) is 29.8 Å². The zero-order chi connectivity index (χ0) is 12.5. The quantitative estimate of drug-likeness (QED) is 0.886. The molecule has 0 unspecified atom stereocenters. The lowest BCUT2D eigenvalue weighted by molar-refractivity contribution is 0.413. The highest BCUT2D eigenvalue weighted by atomic mass is 19.1. The molecule has 5 heteroatoms. The third-order valence-corrected chi connectivity index (χ3v) is 3.35. The van der Waals surface area contributed by atoms with E-state index in [-0.39, 0.29) is 17.2 Å². The van der Waals surface area contributed by atoms with Crippen LogP contribution in [0.15, 0.2) is 22.7 Å². The van der Waals surface area contributed by atoms with E-state index < -0.39 is 5.82 Å². The Morgan fingerprint density at radius 2 is 2.06 bits per heavy atom. The van der Waals surface area contributed by atoms with Crippen molar-refractivity contribution < 1.29 is 14.0 Å². The molecule has 1 aromatic heterocycles. The average molecular weight is 248 g/mol. The largest absolute Gasteiger partial charge is 0.508 e. The third kappa shape index (κ3) is 1.96. The molecule has 1 aliphatic rings. The van der Waals surface area contributed by atoms with E-state index in [1.807, 2.05) is 0 Å². The number of phenolic OH excluding ortho intramolecular Hbond substituents is 1.